The Morgan fingerprint density at radius 3 is 2.59 bits per heavy atom. The van der Waals surface area contributed by atoms with E-state index in [9.17, 15) is 4.79 Å². The number of hydrogen-bond acceptors (Lipinski definition) is 3. The molecule has 0 fully saturated rings. The summed E-state index contributed by atoms with van der Waals surface area (Å²) < 4.78 is 5.06. The van der Waals surface area contributed by atoms with Crippen molar-refractivity contribution >= 4 is 21.8 Å². The Kier molecular flexibility index (Phi) is 5.18. The van der Waals surface area contributed by atoms with E-state index in [4.69, 9.17) is 4.42 Å². The molecule has 17 heavy (non-hydrogen) atoms. The smallest absolute Gasteiger partial charge is 0.289 e. The molecule has 1 rings (SSSR count). The molecule has 1 N–H and O–H groups in total. The van der Waals surface area contributed by atoms with Gasteiger partial charge in [-0.15, -0.1) is 0 Å². The van der Waals surface area contributed by atoms with Gasteiger partial charge in [-0.2, -0.15) is 0 Å². The molecule has 0 unspecified atom stereocenters. The minimum atomic E-state index is -0.188. The van der Waals surface area contributed by atoms with E-state index >= 15 is 0 Å². The lowest BCUT2D eigenvalue weighted by molar-refractivity contribution is 0.0903. The molecule has 1 aromatic rings. The molecule has 0 saturated carbocycles. The molecule has 0 spiro atoms. The fourth-order valence-electron chi connectivity index (χ4n) is 1.60. The van der Waals surface area contributed by atoms with E-state index in [2.05, 4.69) is 40.1 Å². The maximum atomic E-state index is 11.9. The lowest BCUT2D eigenvalue weighted by atomic mass is 9.84. The molecule has 0 aliphatic heterocycles. The van der Waals surface area contributed by atoms with Crippen LogP contribution in [0.5, 0.6) is 0 Å². The van der Waals surface area contributed by atoms with Gasteiger partial charge in [0.2, 0.25) is 5.76 Å². The van der Waals surface area contributed by atoms with Crippen LogP contribution >= 0.6 is 15.9 Å². The highest BCUT2D eigenvalue weighted by Crippen LogP contribution is 2.27. The van der Waals surface area contributed by atoms with E-state index in [1.54, 1.807) is 6.92 Å². The van der Waals surface area contributed by atoms with Gasteiger partial charge >= 0.3 is 0 Å². The number of carbonyl (C=O) groups excluding carboxylic acids is 1. The van der Waals surface area contributed by atoms with Gasteiger partial charge < -0.3 is 9.73 Å². The topological polar surface area (TPSA) is 55.1 Å². The van der Waals surface area contributed by atoms with Gasteiger partial charge in [-0.3, -0.25) is 4.79 Å². The maximum absolute atomic E-state index is 11.9. The number of hydrogen-bond donors (Lipinski definition) is 1. The average molecular weight is 303 g/mol. The van der Waals surface area contributed by atoms with Crippen molar-refractivity contribution in [2.24, 2.45) is 5.41 Å². The largest absolute Gasteiger partial charge is 0.438 e. The third-order valence-electron chi connectivity index (χ3n) is 3.36. The van der Waals surface area contributed by atoms with Gasteiger partial charge in [0.15, 0.2) is 6.39 Å². The van der Waals surface area contributed by atoms with Gasteiger partial charge in [0.25, 0.3) is 5.91 Å². The Hall–Kier alpha value is -0.840. The van der Waals surface area contributed by atoms with Gasteiger partial charge in [0.05, 0.1) is 5.69 Å². The molecule has 1 heterocycles. The second-order valence-corrected chi connectivity index (χ2v) is 4.85. The van der Waals surface area contributed by atoms with Crippen molar-refractivity contribution in [3.63, 3.8) is 0 Å². The van der Waals surface area contributed by atoms with E-state index in [0.717, 1.165) is 18.2 Å². The molecular formula is C12H19BrN2O2. The zero-order valence-electron chi connectivity index (χ0n) is 10.5. The number of oxazole rings is 1. The summed E-state index contributed by atoms with van der Waals surface area (Å²) in [6.07, 6.45) is 3.33. The van der Waals surface area contributed by atoms with Crippen LogP contribution in [0.25, 0.3) is 0 Å². The summed E-state index contributed by atoms with van der Waals surface area (Å²) in [4.78, 5) is 15.8. The van der Waals surface area contributed by atoms with E-state index in [0.29, 0.717) is 18.0 Å². The first kappa shape index (κ1) is 14.2. The number of aromatic nitrogens is 1. The number of amides is 1. The average Bonchev–Trinajstić information content (AvgIpc) is 2.78. The second-order valence-electron chi connectivity index (χ2n) is 4.29. The van der Waals surface area contributed by atoms with Crippen LogP contribution in [-0.2, 0) is 0 Å². The molecule has 4 nitrogen and oxygen atoms in total. The van der Waals surface area contributed by atoms with Crippen molar-refractivity contribution in [1.82, 2.24) is 10.3 Å². The number of aryl methyl sites for hydroxylation is 1. The first-order valence-electron chi connectivity index (χ1n) is 5.82. The number of carbonyl (C=O) groups is 1. The van der Waals surface area contributed by atoms with Gasteiger partial charge in [-0.1, -0.05) is 29.8 Å². The van der Waals surface area contributed by atoms with Crippen molar-refractivity contribution in [3.8, 4) is 0 Å². The SMILES string of the molecule is CCC(CC)(CBr)CNC(=O)c1ocnc1C. The maximum Gasteiger partial charge on any atom is 0.289 e. The first-order valence-corrected chi connectivity index (χ1v) is 6.95. The van der Waals surface area contributed by atoms with E-state index in [1.165, 1.54) is 6.39 Å². The lowest BCUT2D eigenvalue weighted by Gasteiger charge is -2.29. The van der Waals surface area contributed by atoms with Crippen LogP contribution in [0.4, 0.5) is 0 Å². The lowest BCUT2D eigenvalue weighted by Crippen LogP contribution is -2.38. The van der Waals surface area contributed by atoms with Crippen molar-refractivity contribution in [1.29, 1.82) is 0 Å². The highest BCUT2D eigenvalue weighted by Gasteiger charge is 2.26. The van der Waals surface area contributed by atoms with Crippen LogP contribution in [0.2, 0.25) is 0 Å². The van der Waals surface area contributed by atoms with E-state index < -0.39 is 0 Å². The van der Waals surface area contributed by atoms with Crippen molar-refractivity contribution < 1.29 is 9.21 Å². The predicted octanol–water partition coefficient (Wildman–Crippen LogP) is 2.91. The predicted molar refractivity (Wildman–Crippen MR) is 70.4 cm³/mol. The first-order chi connectivity index (χ1) is 8.08. The number of alkyl halides is 1. The van der Waals surface area contributed by atoms with Crippen LogP contribution in [0.15, 0.2) is 10.8 Å². The third kappa shape index (κ3) is 3.31. The number of nitrogens with one attached hydrogen (secondary N) is 1. The highest BCUT2D eigenvalue weighted by molar-refractivity contribution is 9.09. The van der Waals surface area contributed by atoms with Crippen molar-refractivity contribution in [3.05, 3.63) is 17.8 Å². The van der Waals surface area contributed by atoms with Crippen LogP contribution in [-0.4, -0.2) is 22.8 Å². The third-order valence-corrected chi connectivity index (χ3v) is 4.55. The molecule has 0 aromatic carbocycles. The monoisotopic (exact) mass is 302 g/mol. The van der Waals surface area contributed by atoms with Gasteiger partial charge in [-0.05, 0) is 25.2 Å². The van der Waals surface area contributed by atoms with Crippen LogP contribution in [0, 0.1) is 12.3 Å². The minimum Gasteiger partial charge on any atom is -0.438 e. The van der Waals surface area contributed by atoms with Crippen LogP contribution in [0.1, 0.15) is 42.9 Å². The minimum absolute atomic E-state index is 0.115. The molecular weight excluding hydrogens is 284 g/mol. The zero-order valence-corrected chi connectivity index (χ0v) is 12.1. The Labute approximate surface area is 110 Å². The summed E-state index contributed by atoms with van der Waals surface area (Å²) >= 11 is 3.52. The zero-order chi connectivity index (χ0) is 12.9. The standard InChI is InChI=1S/C12H19BrN2O2/c1-4-12(5-2,6-13)7-14-11(16)10-9(3)15-8-17-10/h8H,4-7H2,1-3H3,(H,14,16). The molecule has 0 atom stereocenters. The molecule has 1 amide bonds. The Morgan fingerprint density at radius 1 is 1.53 bits per heavy atom. The summed E-state index contributed by atoms with van der Waals surface area (Å²) in [6, 6.07) is 0. The summed E-state index contributed by atoms with van der Waals surface area (Å²) in [5, 5.41) is 3.79. The number of rotatable bonds is 6. The molecule has 96 valence electrons. The van der Waals surface area contributed by atoms with Crippen molar-refractivity contribution in [2.75, 3.05) is 11.9 Å². The second kappa shape index (κ2) is 6.19. The van der Waals surface area contributed by atoms with Gasteiger partial charge in [0, 0.05) is 11.9 Å². The highest BCUT2D eigenvalue weighted by atomic mass is 79.9. The fourth-order valence-corrected chi connectivity index (χ4v) is 2.60. The molecule has 0 saturated heterocycles. The summed E-state index contributed by atoms with van der Waals surface area (Å²) in [5.41, 5.74) is 0.740. The van der Waals surface area contributed by atoms with Crippen molar-refractivity contribution in [2.45, 2.75) is 33.6 Å². The fraction of sp³-hybridized carbons (Fsp3) is 0.667. The molecule has 0 bridgehead atoms. The number of nitrogens with zero attached hydrogens (tertiary/aromatic N) is 1. The Morgan fingerprint density at radius 2 is 2.18 bits per heavy atom. The van der Waals surface area contributed by atoms with Gasteiger partial charge in [0.1, 0.15) is 0 Å². The van der Waals surface area contributed by atoms with Gasteiger partial charge in [-0.25, -0.2) is 4.98 Å². The Bertz CT molecular complexity index is 364. The summed E-state index contributed by atoms with van der Waals surface area (Å²) in [5.74, 6) is 0.118. The van der Waals surface area contributed by atoms with E-state index in [1.807, 2.05) is 0 Å². The molecule has 0 aliphatic carbocycles. The Balaban J connectivity index is 2.62. The summed E-state index contributed by atoms with van der Waals surface area (Å²) in [7, 11) is 0. The van der Waals surface area contributed by atoms with E-state index in [-0.39, 0.29) is 11.3 Å². The summed E-state index contributed by atoms with van der Waals surface area (Å²) in [6.45, 7) is 6.67. The quantitative estimate of drug-likeness (QED) is 0.822. The van der Waals surface area contributed by atoms with Crippen LogP contribution in [0.3, 0.4) is 0 Å². The molecule has 0 radical (unpaired) electrons. The molecule has 1 aromatic heterocycles. The van der Waals surface area contributed by atoms with Crippen LogP contribution < -0.4 is 5.32 Å². The normalized spacial score (nSPS) is 11.5. The molecule has 5 heteroatoms. The molecule has 0 aliphatic rings. The number of halogens is 1.